The molecule has 2 aliphatic heterocycles. The predicted octanol–water partition coefficient (Wildman–Crippen LogP) is 3.65. The van der Waals surface area contributed by atoms with E-state index in [1.165, 1.54) is 31.1 Å². The van der Waals surface area contributed by atoms with Gasteiger partial charge in [0.25, 0.3) is 0 Å². The normalized spacial score (nSPS) is 24.5. The van der Waals surface area contributed by atoms with Crippen LogP contribution in [0, 0.1) is 12.3 Å². The summed E-state index contributed by atoms with van der Waals surface area (Å²) in [5, 5.41) is 0. The lowest BCUT2D eigenvalue weighted by Gasteiger charge is -2.61. The molecule has 1 aliphatic carbocycles. The van der Waals surface area contributed by atoms with Gasteiger partial charge in [-0.05, 0) is 62.1 Å². The molecule has 4 rings (SSSR count). The third-order valence-electron chi connectivity index (χ3n) is 5.81. The van der Waals surface area contributed by atoms with E-state index < -0.39 is 11.9 Å². The number of halogens is 3. The van der Waals surface area contributed by atoms with Gasteiger partial charge in [-0.3, -0.25) is 9.62 Å². The van der Waals surface area contributed by atoms with Crippen LogP contribution >= 0.6 is 11.9 Å². The minimum Gasteiger partial charge on any atom is -0.381 e. The van der Waals surface area contributed by atoms with Crippen molar-refractivity contribution in [3.8, 4) is 0 Å². The highest BCUT2D eigenvalue weighted by Crippen LogP contribution is 2.50. The molecule has 2 saturated heterocycles. The molecule has 0 amide bonds. The van der Waals surface area contributed by atoms with Gasteiger partial charge < -0.3 is 4.74 Å². The topological polar surface area (TPSA) is 37.4 Å². The molecule has 4 nitrogen and oxygen atoms in total. The van der Waals surface area contributed by atoms with Crippen molar-refractivity contribution >= 4 is 11.9 Å². The van der Waals surface area contributed by atoms with Crippen LogP contribution in [0.2, 0.25) is 0 Å². The van der Waals surface area contributed by atoms with Crippen LogP contribution in [-0.2, 0) is 10.9 Å². The number of alkyl halides is 3. The second-order valence-electron chi connectivity index (χ2n) is 7.85. The van der Waals surface area contributed by atoms with E-state index in [9.17, 15) is 13.2 Å². The lowest BCUT2D eigenvalue weighted by molar-refractivity contribution is -0.141. The van der Waals surface area contributed by atoms with Gasteiger partial charge in [0.15, 0.2) is 0 Å². The summed E-state index contributed by atoms with van der Waals surface area (Å²) in [4.78, 5) is 7.03. The van der Waals surface area contributed by atoms with E-state index >= 15 is 0 Å². The van der Waals surface area contributed by atoms with Crippen LogP contribution in [0.25, 0.3) is 0 Å². The molecule has 0 unspecified atom stereocenters. The first-order valence-electron chi connectivity index (χ1n) is 9.14. The van der Waals surface area contributed by atoms with Gasteiger partial charge in [0.2, 0.25) is 0 Å². The van der Waals surface area contributed by atoms with Gasteiger partial charge in [0, 0.05) is 43.3 Å². The SMILES string of the molecule is Cc1nc(C(F)(F)F)ccc1SNC1CC2(C1)CN(C1CCOCC1)C2. The summed E-state index contributed by atoms with van der Waals surface area (Å²) < 4.78 is 46.9. The average molecular weight is 387 g/mol. The molecule has 26 heavy (non-hydrogen) atoms. The highest BCUT2D eigenvalue weighted by molar-refractivity contribution is 7.97. The highest BCUT2D eigenvalue weighted by atomic mass is 32.2. The van der Waals surface area contributed by atoms with Crippen LogP contribution in [-0.4, -0.2) is 48.3 Å². The molecule has 1 aromatic heterocycles. The first kappa shape index (κ1) is 18.5. The maximum Gasteiger partial charge on any atom is 0.433 e. The van der Waals surface area contributed by atoms with Crippen molar-refractivity contribution in [1.82, 2.24) is 14.6 Å². The zero-order valence-corrected chi connectivity index (χ0v) is 15.6. The monoisotopic (exact) mass is 387 g/mol. The average Bonchev–Trinajstić information content (AvgIpc) is 2.53. The molecule has 3 aliphatic rings. The molecule has 3 heterocycles. The predicted molar refractivity (Wildman–Crippen MR) is 93.8 cm³/mol. The molecule has 3 fully saturated rings. The Morgan fingerprint density at radius 2 is 1.92 bits per heavy atom. The lowest BCUT2D eigenvalue weighted by Crippen LogP contribution is -2.67. The third kappa shape index (κ3) is 3.74. The number of ether oxygens (including phenoxy) is 1. The van der Waals surface area contributed by atoms with E-state index in [0.717, 1.165) is 49.9 Å². The fourth-order valence-electron chi connectivity index (χ4n) is 4.41. The molecule has 0 bridgehead atoms. The summed E-state index contributed by atoms with van der Waals surface area (Å²) in [7, 11) is 0. The van der Waals surface area contributed by atoms with E-state index in [0.29, 0.717) is 23.2 Å². The first-order chi connectivity index (χ1) is 12.3. The smallest absolute Gasteiger partial charge is 0.381 e. The van der Waals surface area contributed by atoms with E-state index in [4.69, 9.17) is 4.74 Å². The number of aryl methyl sites for hydroxylation is 1. The van der Waals surface area contributed by atoms with Gasteiger partial charge in [-0.2, -0.15) is 13.2 Å². The van der Waals surface area contributed by atoms with Crippen molar-refractivity contribution in [3.05, 3.63) is 23.5 Å². The van der Waals surface area contributed by atoms with Crippen molar-refractivity contribution in [2.24, 2.45) is 5.41 Å². The van der Waals surface area contributed by atoms with Gasteiger partial charge in [0.05, 0.1) is 5.69 Å². The third-order valence-corrected chi connectivity index (χ3v) is 6.91. The van der Waals surface area contributed by atoms with Gasteiger partial charge in [0.1, 0.15) is 5.69 Å². The number of nitrogens with zero attached hydrogens (tertiary/aromatic N) is 2. The van der Waals surface area contributed by atoms with Crippen LogP contribution in [0.4, 0.5) is 13.2 Å². The Bertz CT molecular complexity index is 650. The highest BCUT2D eigenvalue weighted by Gasteiger charge is 2.53. The van der Waals surface area contributed by atoms with Crippen molar-refractivity contribution in [2.75, 3.05) is 26.3 Å². The summed E-state index contributed by atoms with van der Waals surface area (Å²) in [5.74, 6) is 0. The van der Waals surface area contributed by atoms with Gasteiger partial charge >= 0.3 is 6.18 Å². The minimum absolute atomic E-state index is 0.417. The van der Waals surface area contributed by atoms with Crippen molar-refractivity contribution < 1.29 is 17.9 Å². The number of aromatic nitrogens is 1. The summed E-state index contributed by atoms with van der Waals surface area (Å²) in [6, 6.07) is 3.68. The molecule has 1 aromatic rings. The minimum atomic E-state index is -4.39. The van der Waals surface area contributed by atoms with Crippen LogP contribution in [0.1, 0.15) is 37.1 Å². The Labute approximate surface area is 156 Å². The number of hydrogen-bond donors (Lipinski definition) is 1. The van der Waals surface area contributed by atoms with Crippen molar-refractivity contribution in [2.45, 2.75) is 55.8 Å². The molecule has 1 saturated carbocycles. The molecular weight excluding hydrogens is 363 g/mol. The molecule has 1 spiro atoms. The fraction of sp³-hybridized carbons (Fsp3) is 0.722. The largest absolute Gasteiger partial charge is 0.433 e. The van der Waals surface area contributed by atoms with E-state index in [-0.39, 0.29) is 0 Å². The molecule has 1 N–H and O–H groups in total. The zero-order valence-electron chi connectivity index (χ0n) is 14.8. The number of rotatable bonds is 4. The molecule has 0 aromatic carbocycles. The maximum absolute atomic E-state index is 12.7. The summed E-state index contributed by atoms with van der Waals surface area (Å²) in [6.07, 6.45) is 0.198. The number of pyridine rings is 1. The fourth-order valence-corrected chi connectivity index (χ4v) is 5.20. The molecule has 8 heteroatoms. The Kier molecular flexibility index (Phi) is 4.96. The van der Waals surface area contributed by atoms with Crippen LogP contribution in [0.15, 0.2) is 17.0 Å². The number of hydrogen-bond acceptors (Lipinski definition) is 5. The van der Waals surface area contributed by atoms with E-state index in [1.807, 2.05) is 0 Å². The summed E-state index contributed by atoms with van der Waals surface area (Å²) >= 11 is 1.40. The van der Waals surface area contributed by atoms with Crippen molar-refractivity contribution in [1.29, 1.82) is 0 Å². The molecule has 0 atom stereocenters. The van der Waals surface area contributed by atoms with Crippen molar-refractivity contribution in [3.63, 3.8) is 0 Å². The van der Waals surface area contributed by atoms with Gasteiger partial charge in [-0.15, -0.1) is 0 Å². The summed E-state index contributed by atoms with van der Waals surface area (Å²) in [5.41, 5.74) is 0.0505. The Balaban J connectivity index is 1.22. The molecular formula is C18H24F3N3OS. The molecule has 144 valence electrons. The maximum atomic E-state index is 12.7. The number of nitrogens with one attached hydrogen (secondary N) is 1. The molecule has 0 radical (unpaired) electrons. The lowest BCUT2D eigenvalue weighted by atomic mass is 9.60. The zero-order chi connectivity index (χ0) is 18.4. The number of likely N-dealkylation sites (tertiary alicyclic amines) is 1. The Hall–Kier alpha value is -0.830. The quantitative estimate of drug-likeness (QED) is 0.799. The van der Waals surface area contributed by atoms with Gasteiger partial charge in [-0.25, -0.2) is 4.98 Å². The second kappa shape index (κ2) is 6.96. The van der Waals surface area contributed by atoms with Gasteiger partial charge in [-0.1, -0.05) is 0 Å². The van der Waals surface area contributed by atoms with E-state index in [2.05, 4.69) is 14.6 Å². The van der Waals surface area contributed by atoms with E-state index in [1.54, 1.807) is 6.92 Å². The Morgan fingerprint density at radius 3 is 2.54 bits per heavy atom. The first-order valence-corrected chi connectivity index (χ1v) is 9.95. The standard InChI is InChI=1S/C18H24F3N3OS/c1-12-15(2-3-16(22-12)18(19,20)21)26-23-13-8-17(9-13)10-24(11-17)14-4-6-25-7-5-14/h2-3,13-14,23H,4-11H2,1H3. The van der Waals surface area contributed by atoms with Crippen LogP contribution in [0.3, 0.4) is 0 Å². The summed E-state index contributed by atoms with van der Waals surface area (Å²) in [6.45, 7) is 5.76. The second-order valence-corrected chi connectivity index (χ2v) is 8.73. The van der Waals surface area contributed by atoms with Crippen LogP contribution in [0.5, 0.6) is 0 Å². The van der Waals surface area contributed by atoms with Crippen LogP contribution < -0.4 is 4.72 Å². The Morgan fingerprint density at radius 1 is 1.23 bits per heavy atom.